The average molecular weight is 380 g/mol. The molecule has 2 aromatic carbocycles. The Labute approximate surface area is 148 Å². The first-order chi connectivity index (χ1) is 11.5. The van der Waals surface area contributed by atoms with Gasteiger partial charge in [0, 0.05) is 6.26 Å². The summed E-state index contributed by atoms with van der Waals surface area (Å²) >= 11 is 0. The third-order valence-electron chi connectivity index (χ3n) is 3.67. The zero-order valence-electron chi connectivity index (χ0n) is 14.4. The summed E-state index contributed by atoms with van der Waals surface area (Å²) in [5.41, 5.74) is 2.51. The highest BCUT2D eigenvalue weighted by Crippen LogP contribution is 2.17. The first kappa shape index (κ1) is 19.1. The van der Waals surface area contributed by atoms with E-state index in [1.165, 1.54) is 12.1 Å². The van der Waals surface area contributed by atoms with Crippen molar-refractivity contribution in [2.45, 2.75) is 30.6 Å². The Morgan fingerprint density at radius 1 is 0.960 bits per heavy atom. The molecule has 2 rings (SSSR count). The second-order valence-electron chi connectivity index (χ2n) is 5.86. The van der Waals surface area contributed by atoms with E-state index in [0.717, 1.165) is 11.8 Å². The van der Waals surface area contributed by atoms with Crippen molar-refractivity contribution < 1.29 is 16.8 Å². The summed E-state index contributed by atoms with van der Waals surface area (Å²) in [5.74, 6) is 0. The summed E-state index contributed by atoms with van der Waals surface area (Å²) in [6.07, 6.45) is 1.13. The van der Waals surface area contributed by atoms with E-state index in [4.69, 9.17) is 0 Å². The molecule has 0 aliphatic carbocycles. The quantitative estimate of drug-likeness (QED) is 0.637. The Kier molecular flexibility index (Phi) is 5.34. The molecule has 0 amide bonds. The lowest BCUT2D eigenvalue weighted by Crippen LogP contribution is -2.21. The largest absolute Gasteiger partial charge is 0.276 e. The van der Waals surface area contributed by atoms with Crippen LogP contribution in [0.5, 0.6) is 0 Å². The number of rotatable bonds is 5. The lowest BCUT2D eigenvalue weighted by atomic mass is 10.1. The van der Waals surface area contributed by atoms with E-state index in [1.807, 2.05) is 13.0 Å². The van der Waals surface area contributed by atoms with Gasteiger partial charge in [0.2, 0.25) is 0 Å². The van der Waals surface area contributed by atoms with E-state index in [0.29, 0.717) is 16.8 Å². The fourth-order valence-corrected chi connectivity index (χ4v) is 4.00. The number of hydrogen-bond acceptors (Lipinski definition) is 5. The van der Waals surface area contributed by atoms with Crippen LogP contribution < -0.4 is 4.83 Å². The Morgan fingerprint density at radius 2 is 1.56 bits per heavy atom. The van der Waals surface area contributed by atoms with Gasteiger partial charge in [-0.05, 0) is 55.7 Å². The summed E-state index contributed by atoms with van der Waals surface area (Å²) in [4.78, 5) is 2.60. The smallest absolute Gasteiger partial charge is 0.224 e. The number of benzene rings is 2. The molecule has 0 fully saturated rings. The zero-order valence-corrected chi connectivity index (χ0v) is 16.1. The van der Waals surface area contributed by atoms with E-state index >= 15 is 0 Å². The summed E-state index contributed by atoms with van der Waals surface area (Å²) in [5, 5.41) is 3.93. The molecule has 0 aliphatic heterocycles. The van der Waals surface area contributed by atoms with Crippen molar-refractivity contribution >= 4 is 25.6 Å². The fraction of sp³-hybridized carbons (Fsp3) is 0.235. The normalized spacial score (nSPS) is 12.9. The second kappa shape index (κ2) is 6.97. The molecule has 0 aliphatic rings. The van der Waals surface area contributed by atoms with Gasteiger partial charge in [-0.3, -0.25) is 0 Å². The lowest BCUT2D eigenvalue weighted by molar-refractivity contribution is 0.583. The van der Waals surface area contributed by atoms with Crippen molar-refractivity contribution in [3.8, 4) is 0 Å². The predicted molar refractivity (Wildman–Crippen MR) is 98.0 cm³/mol. The first-order valence-corrected chi connectivity index (χ1v) is 10.8. The molecular weight excluding hydrogens is 360 g/mol. The molecular formula is C17H20N2O4S2. The van der Waals surface area contributed by atoms with Crippen LogP contribution in [0.2, 0.25) is 0 Å². The predicted octanol–water partition coefficient (Wildman–Crippen LogP) is 2.41. The summed E-state index contributed by atoms with van der Waals surface area (Å²) in [6, 6.07) is 11.3. The molecule has 0 atom stereocenters. The second-order valence-corrected chi connectivity index (χ2v) is 9.50. The van der Waals surface area contributed by atoms with Crippen LogP contribution in [0.15, 0.2) is 57.4 Å². The number of nitrogens with one attached hydrogen (secondary N) is 1. The minimum atomic E-state index is -3.78. The van der Waals surface area contributed by atoms with Crippen LogP contribution in [0, 0.1) is 13.8 Å². The minimum absolute atomic E-state index is 0.177. The van der Waals surface area contributed by atoms with Gasteiger partial charge in [0.25, 0.3) is 10.0 Å². The van der Waals surface area contributed by atoms with Crippen LogP contribution in [0.1, 0.15) is 23.6 Å². The monoisotopic (exact) mass is 380 g/mol. The number of sulfonamides is 1. The fourth-order valence-electron chi connectivity index (χ4n) is 2.18. The molecule has 0 heterocycles. The van der Waals surface area contributed by atoms with Crippen LogP contribution in [-0.2, 0) is 19.9 Å². The van der Waals surface area contributed by atoms with Crippen LogP contribution in [0.4, 0.5) is 0 Å². The highest BCUT2D eigenvalue weighted by molar-refractivity contribution is 7.90. The maximum atomic E-state index is 12.4. The van der Waals surface area contributed by atoms with Gasteiger partial charge in [0.15, 0.2) is 9.84 Å². The van der Waals surface area contributed by atoms with Gasteiger partial charge in [0.1, 0.15) is 0 Å². The topological polar surface area (TPSA) is 92.7 Å². The van der Waals surface area contributed by atoms with Gasteiger partial charge in [-0.2, -0.15) is 18.4 Å². The highest BCUT2D eigenvalue weighted by Gasteiger charge is 2.16. The summed E-state index contributed by atoms with van der Waals surface area (Å²) in [7, 11) is -7.06. The van der Waals surface area contributed by atoms with Crippen molar-refractivity contribution in [2.24, 2.45) is 5.10 Å². The SMILES string of the molecule is C/C(=N/NS(=O)(=O)c1cc(C)ccc1C)c1ccc(S(C)(=O)=O)cc1. The van der Waals surface area contributed by atoms with Crippen LogP contribution >= 0.6 is 0 Å². The third kappa shape index (κ3) is 4.67. The maximum Gasteiger partial charge on any atom is 0.276 e. The van der Waals surface area contributed by atoms with Gasteiger partial charge >= 0.3 is 0 Å². The molecule has 2 aromatic rings. The number of nitrogens with zero attached hydrogens (tertiary/aromatic N) is 1. The molecule has 0 radical (unpaired) electrons. The summed E-state index contributed by atoms with van der Waals surface area (Å²) in [6.45, 7) is 5.17. The molecule has 0 spiro atoms. The number of hydrogen-bond donors (Lipinski definition) is 1. The van der Waals surface area contributed by atoms with Gasteiger partial charge in [-0.25, -0.2) is 8.42 Å². The van der Waals surface area contributed by atoms with Crippen LogP contribution in [0.25, 0.3) is 0 Å². The van der Waals surface area contributed by atoms with Gasteiger partial charge in [0.05, 0.1) is 15.5 Å². The molecule has 8 heteroatoms. The molecule has 134 valence electrons. The van der Waals surface area contributed by atoms with Gasteiger partial charge in [-0.15, -0.1) is 0 Å². The minimum Gasteiger partial charge on any atom is -0.224 e. The molecule has 1 N–H and O–H groups in total. The zero-order chi connectivity index (χ0) is 18.8. The van der Waals surface area contributed by atoms with E-state index in [2.05, 4.69) is 9.93 Å². The molecule has 0 saturated heterocycles. The van der Waals surface area contributed by atoms with Crippen molar-refractivity contribution in [1.29, 1.82) is 0 Å². The molecule has 0 unspecified atom stereocenters. The molecule has 0 aromatic heterocycles. The van der Waals surface area contributed by atoms with Crippen molar-refractivity contribution in [3.05, 3.63) is 59.2 Å². The third-order valence-corrected chi connectivity index (χ3v) is 6.15. The van der Waals surface area contributed by atoms with Crippen molar-refractivity contribution in [3.63, 3.8) is 0 Å². The Hall–Kier alpha value is -2.19. The molecule has 6 nitrogen and oxygen atoms in total. The van der Waals surface area contributed by atoms with Crippen LogP contribution in [-0.4, -0.2) is 28.8 Å². The Morgan fingerprint density at radius 3 is 2.12 bits per heavy atom. The van der Waals surface area contributed by atoms with E-state index in [-0.39, 0.29) is 9.79 Å². The average Bonchev–Trinajstić information content (AvgIpc) is 2.54. The van der Waals surface area contributed by atoms with Crippen molar-refractivity contribution in [1.82, 2.24) is 4.83 Å². The standard InChI is InChI=1S/C17H20N2O4S2/c1-12-5-6-13(2)17(11-12)25(22,23)19-18-14(3)15-7-9-16(10-8-15)24(4,20)21/h5-11,19H,1-4H3/b18-14-. The summed E-state index contributed by atoms with van der Waals surface area (Å²) < 4.78 is 47.8. The van der Waals surface area contributed by atoms with E-state index in [1.54, 1.807) is 38.1 Å². The number of aryl methyl sites for hydroxylation is 2. The van der Waals surface area contributed by atoms with Gasteiger partial charge < -0.3 is 0 Å². The molecule has 0 saturated carbocycles. The van der Waals surface area contributed by atoms with E-state index < -0.39 is 19.9 Å². The number of sulfone groups is 1. The van der Waals surface area contributed by atoms with E-state index in [9.17, 15) is 16.8 Å². The Balaban J connectivity index is 2.27. The maximum absolute atomic E-state index is 12.4. The molecule has 25 heavy (non-hydrogen) atoms. The number of hydrazone groups is 1. The first-order valence-electron chi connectivity index (χ1n) is 7.44. The van der Waals surface area contributed by atoms with Gasteiger partial charge in [-0.1, -0.05) is 24.3 Å². The van der Waals surface area contributed by atoms with Crippen LogP contribution in [0.3, 0.4) is 0 Å². The molecule has 0 bridgehead atoms. The highest BCUT2D eigenvalue weighted by atomic mass is 32.2. The Bertz CT molecular complexity index is 1020. The van der Waals surface area contributed by atoms with Crippen molar-refractivity contribution in [2.75, 3.05) is 6.26 Å². The lowest BCUT2D eigenvalue weighted by Gasteiger charge is -2.09.